The van der Waals surface area contributed by atoms with Crippen molar-refractivity contribution in [3.63, 3.8) is 0 Å². The molecule has 2 amide bonds. The van der Waals surface area contributed by atoms with Crippen LogP contribution in [0.4, 0.5) is 16.2 Å². The van der Waals surface area contributed by atoms with Crippen LogP contribution in [-0.4, -0.2) is 19.2 Å². The minimum Gasteiger partial charge on any atom is -0.490 e. The molecular weight excluding hydrogens is 292 g/mol. The third-order valence-corrected chi connectivity index (χ3v) is 3.19. The van der Waals surface area contributed by atoms with Crippen LogP contribution in [0.3, 0.4) is 0 Å². The number of rotatable bonds is 6. The molecule has 2 N–H and O–H groups in total. The number of nitrogens with one attached hydrogen (secondary N) is 2. The fourth-order valence-electron chi connectivity index (χ4n) is 2.13. The van der Waals surface area contributed by atoms with E-state index in [4.69, 9.17) is 9.47 Å². The smallest absolute Gasteiger partial charge is 0.323 e. The second-order valence-corrected chi connectivity index (χ2v) is 4.92. The fourth-order valence-corrected chi connectivity index (χ4v) is 2.13. The van der Waals surface area contributed by atoms with Crippen molar-refractivity contribution >= 4 is 17.4 Å². The summed E-state index contributed by atoms with van der Waals surface area (Å²) in [7, 11) is 0. The highest BCUT2D eigenvalue weighted by atomic mass is 16.5. The van der Waals surface area contributed by atoms with Gasteiger partial charge in [-0.3, -0.25) is 0 Å². The molecule has 0 aliphatic rings. The Morgan fingerprint density at radius 3 is 2.35 bits per heavy atom. The lowest BCUT2D eigenvalue weighted by atomic mass is 10.2. The van der Waals surface area contributed by atoms with Gasteiger partial charge in [-0.1, -0.05) is 18.2 Å². The van der Waals surface area contributed by atoms with Crippen LogP contribution < -0.4 is 20.1 Å². The average Bonchev–Trinajstić information content (AvgIpc) is 2.52. The van der Waals surface area contributed by atoms with Crippen molar-refractivity contribution in [1.82, 2.24) is 0 Å². The molecule has 23 heavy (non-hydrogen) atoms. The van der Waals surface area contributed by atoms with Crippen molar-refractivity contribution in [2.24, 2.45) is 0 Å². The summed E-state index contributed by atoms with van der Waals surface area (Å²) in [6.45, 7) is 6.84. The number of urea groups is 1. The summed E-state index contributed by atoms with van der Waals surface area (Å²) in [5.41, 5.74) is 2.42. The minimum atomic E-state index is -0.300. The van der Waals surface area contributed by atoms with Crippen molar-refractivity contribution in [3.8, 4) is 11.5 Å². The largest absolute Gasteiger partial charge is 0.490 e. The summed E-state index contributed by atoms with van der Waals surface area (Å²) in [6.07, 6.45) is 0. The molecule has 5 heteroatoms. The number of carbonyl (C=O) groups is 1. The number of anilines is 2. The summed E-state index contributed by atoms with van der Waals surface area (Å²) < 4.78 is 11.1. The third-order valence-electron chi connectivity index (χ3n) is 3.19. The molecule has 0 unspecified atom stereocenters. The normalized spacial score (nSPS) is 10.0. The van der Waals surface area contributed by atoms with Gasteiger partial charge in [0, 0.05) is 17.4 Å². The predicted octanol–water partition coefficient (Wildman–Crippen LogP) is 4.44. The minimum absolute atomic E-state index is 0.300. The monoisotopic (exact) mass is 314 g/mol. The first kappa shape index (κ1) is 16.7. The number of benzene rings is 2. The van der Waals surface area contributed by atoms with Gasteiger partial charge in [-0.15, -0.1) is 0 Å². The van der Waals surface area contributed by atoms with E-state index in [0.717, 1.165) is 11.3 Å². The van der Waals surface area contributed by atoms with Crippen LogP contribution >= 0.6 is 0 Å². The van der Waals surface area contributed by atoms with E-state index in [1.54, 1.807) is 18.2 Å². The highest BCUT2D eigenvalue weighted by Crippen LogP contribution is 2.30. The Morgan fingerprint density at radius 2 is 1.65 bits per heavy atom. The maximum Gasteiger partial charge on any atom is 0.323 e. The van der Waals surface area contributed by atoms with Crippen molar-refractivity contribution in [2.45, 2.75) is 20.8 Å². The van der Waals surface area contributed by atoms with E-state index in [1.165, 1.54) is 0 Å². The molecule has 2 aromatic carbocycles. The molecule has 2 rings (SSSR count). The number of para-hydroxylation sites is 1. The second-order valence-electron chi connectivity index (χ2n) is 4.92. The van der Waals surface area contributed by atoms with Crippen molar-refractivity contribution < 1.29 is 14.3 Å². The molecule has 0 radical (unpaired) electrons. The number of ether oxygens (including phenoxy) is 2. The van der Waals surface area contributed by atoms with Crippen LogP contribution in [-0.2, 0) is 0 Å². The molecule has 0 atom stereocenters. The van der Waals surface area contributed by atoms with E-state index >= 15 is 0 Å². The standard InChI is InChI=1S/C18H22N2O3/c1-4-22-16-11-10-14(12-17(16)23-5-2)19-18(21)20-15-9-7-6-8-13(15)3/h6-12H,4-5H2,1-3H3,(H2,19,20,21). The molecule has 5 nitrogen and oxygen atoms in total. The number of aryl methyl sites for hydroxylation is 1. The van der Waals surface area contributed by atoms with Gasteiger partial charge in [-0.25, -0.2) is 4.79 Å². The molecule has 0 heterocycles. The van der Waals surface area contributed by atoms with Crippen LogP contribution in [0.25, 0.3) is 0 Å². The van der Waals surface area contributed by atoms with Crippen molar-refractivity contribution in [3.05, 3.63) is 48.0 Å². The Hall–Kier alpha value is -2.69. The van der Waals surface area contributed by atoms with Gasteiger partial charge in [0.2, 0.25) is 0 Å². The predicted molar refractivity (Wildman–Crippen MR) is 92.6 cm³/mol. The lowest BCUT2D eigenvalue weighted by molar-refractivity contribution is 0.262. The van der Waals surface area contributed by atoms with Gasteiger partial charge >= 0.3 is 6.03 Å². The van der Waals surface area contributed by atoms with Gasteiger partial charge in [-0.2, -0.15) is 0 Å². The first-order chi connectivity index (χ1) is 11.1. The molecule has 0 fully saturated rings. The molecule has 2 aromatic rings. The molecule has 0 spiro atoms. The van der Waals surface area contributed by atoms with E-state index < -0.39 is 0 Å². The summed E-state index contributed by atoms with van der Waals surface area (Å²) in [4.78, 5) is 12.1. The van der Waals surface area contributed by atoms with Crippen LogP contribution in [0.2, 0.25) is 0 Å². The zero-order valence-corrected chi connectivity index (χ0v) is 13.7. The van der Waals surface area contributed by atoms with Gasteiger partial charge in [0.15, 0.2) is 11.5 Å². The van der Waals surface area contributed by atoms with Gasteiger partial charge in [0.25, 0.3) is 0 Å². The van der Waals surface area contributed by atoms with Gasteiger partial charge in [0.05, 0.1) is 13.2 Å². The first-order valence-electron chi connectivity index (χ1n) is 7.67. The Labute approximate surface area is 136 Å². The Kier molecular flexibility index (Phi) is 5.86. The van der Waals surface area contributed by atoms with E-state index in [9.17, 15) is 4.79 Å². The topological polar surface area (TPSA) is 59.6 Å². The maximum atomic E-state index is 12.1. The van der Waals surface area contributed by atoms with Crippen LogP contribution in [0.1, 0.15) is 19.4 Å². The molecule has 0 aromatic heterocycles. The number of hydrogen-bond donors (Lipinski definition) is 2. The summed E-state index contributed by atoms with van der Waals surface area (Å²) in [5.74, 6) is 1.28. The second kappa shape index (κ2) is 8.08. The Morgan fingerprint density at radius 1 is 0.957 bits per heavy atom. The van der Waals surface area contributed by atoms with Crippen molar-refractivity contribution in [2.75, 3.05) is 23.8 Å². The number of carbonyl (C=O) groups excluding carboxylic acids is 1. The quantitative estimate of drug-likeness (QED) is 0.829. The van der Waals surface area contributed by atoms with Crippen LogP contribution in [0.15, 0.2) is 42.5 Å². The number of amides is 2. The number of hydrogen-bond acceptors (Lipinski definition) is 3. The van der Waals surface area contributed by atoms with E-state index in [2.05, 4.69) is 10.6 Å². The highest BCUT2D eigenvalue weighted by molar-refractivity contribution is 6.00. The highest BCUT2D eigenvalue weighted by Gasteiger charge is 2.09. The summed E-state index contributed by atoms with van der Waals surface area (Å²) >= 11 is 0. The lowest BCUT2D eigenvalue weighted by Gasteiger charge is -2.14. The molecule has 0 bridgehead atoms. The molecular formula is C18H22N2O3. The van der Waals surface area contributed by atoms with Gasteiger partial charge < -0.3 is 20.1 Å². The van der Waals surface area contributed by atoms with Crippen LogP contribution in [0.5, 0.6) is 11.5 Å². The summed E-state index contributed by atoms with van der Waals surface area (Å²) in [5, 5.41) is 5.63. The van der Waals surface area contributed by atoms with E-state index in [-0.39, 0.29) is 6.03 Å². The van der Waals surface area contributed by atoms with E-state index in [1.807, 2.05) is 45.0 Å². The molecule has 0 aliphatic carbocycles. The third kappa shape index (κ3) is 4.64. The molecule has 0 saturated heterocycles. The van der Waals surface area contributed by atoms with Crippen LogP contribution in [0, 0.1) is 6.92 Å². The zero-order valence-electron chi connectivity index (χ0n) is 13.7. The zero-order chi connectivity index (χ0) is 16.7. The molecule has 122 valence electrons. The summed E-state index contributed by atoms with van der Waals surface area (Å²) in [6, 6.07) is 12.6. The molecule has 0 saturated carbocycles. The van der Waals surface area contributed by atoms with Gasteiger partial charge in [-0.05, 0) is 44.5 Å². The first-order valence-corrected chi connectivity index (χ1v) is 7.67. The van der Waals surface area contributed by atoms with E-state index in [0.29, 0.717) is 30.4 Å². The SMILES string of the molecule is CCOc1ccc(NC(=O)Nc2ccccc2C)cc1OCC. The Balaban J connectivity index is 2.08. The maximum absolute atomic E-state index is 12.1. The van der Waals surface area contributed by atoms with Gasteiger partial charge in [0.1, 0.15) is 0 Å². The fraction of sp³-hybridized carbons (Fsp3) is 0.278. The molecule has 0 aliphatic heterocycles. The average molecular weight is 314 g/mol. The van der Waals surface area contributed by atoms with Crippen molar-refractivity contribution in [1.29, 1.82) is 0 Å². The lowest BCUT2D eigenvalue weighted by Crippen LogP contribution is -2.20. The Bertz CT molecular complexity index is 671.